The van der Waals surface area contributed by atoms with Crippen LogP contribution < -0.4 is 9.47 Å². The van der Waals surface area contributed by atoms with Gasteiger partial charge in [0.2, 0.25) is 9.84 Å². The monoisotopic (exact) mass is 316 g/mol. The van der Waals surface area contributed by atoms with E-state index >= 15 is 0 Å². The lowest BCUT2D eigenvalue weighted by Gasteiger charge is -2.09. The Balaban J connectivity index is 1.87. The van der Waals surface area contributed by atoms with Crippen LogP contribution in [0.3, 0.4) is 0 Å². The van der Waals surface area contributed by atoms with E-state index in [1.807, 2.05) is 30.3 Å². The molecule has 1 aliphatic heterocycles. The molecule has 0 atom stereocenters. The molecule has 1 heterocycles. The molecule has 0 saturated carbocycles. The molecule has 0 unspecified atom stereocenters. The Hall–Kier alpha value is -2.27. The van der Waals surface area contributed by atoms with E-state index in [1.165, 1.54) is 5.41 Å². The molecule has 0 fully saturated rings. The summed E-state index contributed by atoms with van der Waals surface area (Å²) in [4.78, 5) is 0.388. The zero-order valence-corrected chi connectivity index (χ0v) is 13.2. The maximum absolute atomic E-state index is 12.2. The summed E-state index contributed by atoms with van der Waals surface area (Å²) in [5, 5.41) is 1.30. The van der Waals surface area contributed by atoms with Crippen molar-refractivity contribution in [3.63, 3.8) is 0 Å². The van der Waals surface area contributed by atoms with Crippen molar-refractivity contribution in [1.29, 1.82) is 0 Å². The number of hydrogen-bond acceptors (Lipinski definition) is 4. The fourth-order valence-corrected chi connectivity index (χ4v) is 4.27. The van der Waals surface area contributed by atoms with E-state index < -0.39 is 9.84 Å². The lowest BCUT2D eigenvalue weighted by atomic mass is 10.1. The zero-order chi connectivity index (χ0) is 15.7. The third kappa shape index (κ3) is 2.60. The van der Waals surface area contributed by atoms with Gasteiger partial charge in [0.1, 0.15) is 18.1 Å². The maximum atomic E-state index is 12.2. The van der Waals surface area contributed by atoms with Gasteiger partial charge in [-0.25, -0.2) is 8.42 Å². The van der Waals surface area contributed by atoms with Crippen LogP contribution >= 0.6 is 0 Å². The van der Waals surface area contributed by atoms with Crippen LogP contribution in [0.15, 0.2) is 52.8 Å². The molecular formula is C17H16O4S. The number of hydrogen-bond donors (Lipinski definition) is 0. The molecule has 114 valence electrons. The van der Waals surface area contributed by atoms with E-state index in [4.69, 9.17) is 9.47 Å². The van der Waals surface area contributed by atoms with Gasteiger partial charge in [0.25, 0.3) is 0 Å². The third-order valence-electron chi connectivity index (χ3n) is 3.58. The van der Waals surface area contributed by atoms with E-state index in [-0.39, 0.29) is 6.61 Å². The van der Waals surface area contributed by atoms with Crippen molar-refractivity contribution in [3.05, 3.63) is 59.0 Å². The van der Waals surface area contributed by atoms with Crippen LogP contribution in [0.2, 0.25) is 0 Å². The van der Waals surface area contributed by atoms with Crippen LogP contribution in [0.4, 0.5) is 0 Å². The summed E-state index contributed by atoms with van der Waals surface area (Å²) in [6, 6.07) is 12.7. The molecule has 2 aromatic carbocycles. The second-order valence-corrected chi connectivity index (χ2v) is 6.84. The summed E-state index contributed by atoms with van der Waals surface area (Å²) in [5.74, 6) is 1.33. The summed E-state index contributed by atoms with van der Waals surface area (Å²) in [5.41, 5.74) is 2.15. The van der Waals surface area contributed by atoms with Gasteiger partial charge in [-0.1, -0.05) is 24.3 Å². The molecule has 0 bridgehead atoms. The van der Waals surface area contributed by atoms with Crippen molar-refractivity contribution in [2.24, 2.45) is 0 Å². The van der Waals surface area contributed by atoms with Gasteiger partial charge in [-0.2, -0.15) is 0 Å². The first-order chi connectivity index (χ1) is 10.5. The molecule has 5 heteroatoms. The number of aryl methyl sites for hydroxylation is 1. The topological polar surface area (TPSA) is 52.6 Å². The number of fused-ring (bicyclic) bond motifs is 1. The summed E-state index contributed by atoms with van der Waals surface area (Å²) in [6.45, 7) is 2.00. The number of ether oxygens (including phenoxy) is 2. The van der Waals surface area contributed by atoms with Crippen LogP contribution in [0.5, 0.6) is 11.5 Å². The smallest absolute Gasteiger partial charge is 0.201 e. The molecule has 0 radical (unpaired) electrons. The van der Waals surface area contributed by atoms with Crippen LogP contribution in [0.25, 0.3) is 5.57 Å². The average molecular weight is 316 g/mol. The SMILES string of the molecule is COc1cccc(OCC2=CS(=O)(=O)c3c(C)cccc32)c1. The third-order valence-corrected chi connectivity index (χ3v) is 5.28. The maximum Gasteiger partial charge on any atom is 0.201 e. The molecule has 2 aromatic rings. The zero-order valence-electron chi connectivity index (χ0n) is 12.4. The molecule has 0 spiro atoms. The van der Waals surface area contributed by atoms with Gasteiger partial charge < -0.3 is 9.47 Å². The van der Waals surface area contributed by atoms with Crippen molar-refractivity contribution in [3.8, 4) is 11.5 Å². The van der Waals surface area contributed by atoms with Gasteiger partial charge in [-0.15, -0.1) is 0 Å². The lowest BCUT2D eigenvalue weighted by Crippen LogP contribution is -2.00. The number of sulfone groups is 1. The highest BCUT2D eigenvalue weighted by Crippen LogP contribution is 2.35. The minimum atomic E-state index is -3.37. The van der Waals surface area contributed by atoms with Gasteiger partial charge in [-0.05, 0) is 24.6 Å². The Morgan fingerprint density at radius 3 is 2.55 bits per heavy atom. The first-order valence-corrected chi connectivity index (χ1v) is 8.38. The van der Waals surface area contributed by atoms with Crippen molar-refractivity contribution >= 4 is 15.4 Å². The van der Waals surface area contributed by atoms with Crippen molar-refractivity contribution in [2.45, 2.75) is 11.8 Å². The second-order valence-electron chi connectivity index (χ2n) is 5.11. The quantitative estimate of drug-likeness (QED) is 0.869. The fraction of sp³-hybridized carbons (Fsp3) is 0.176. The first kappa shape index (κ1) is 14.7. The predicted octanol–water partition coefficient (Wildman–Crippen LogP) is 3.21. The van der Waals surface area contributed by atoms with E-state index in [0.717, 1.165) is 11.1 Å². The summed E-state index contributed by atoms with van der Waals surface area (Å²) in [6.07, 6.45) is 0. The first-order valence-electron chi connectivity index (χ1n) is 6.84. The molecule has 0 amide bonds. The van der Waals surface area contributed by atoms with Gasteiger partial charge in [0.15, 0.2) is 0 Å². The van der Waals surface area contributed by atoms with Crippen molar-refractivity contribution in [1.82, 2.24) is 0 Å². The highest BCUT2D eigenvalue weighted by Gasteiger charge is 2.28. The Kier molecular flexibility index (Phi) is 3.66. The molecule has 0 aliphatic carbocycles. The Labute approximate surface area is 129 Å². The normalized spacial score (nSPS) is 15.1. The number of rotatable bonds is 4. The Morgan fingerprint density at radius 1 is 1.05 bits per heavy atom. The van der Waals surface area contributed by atoms with Crippen LogP contribution in [-0.2, 0) is 9.84 Å². The lowest BCUT2D eigenvalue weighted by molar-refractivity contribution is 0.363. The molecule has 0 saturated heterocycles. The van der Waals surface area contributed by atoms with Crippen LogP contribution in [0, 0.1) is 6.92 Å². The summed E-state index contributed by atoms with van der Waals surface area (Å²) >= 11 is 0. The van der Waals surface area contributed by atoms with E-state index in [9.17, 15) is 8.42 Å². The molecule has 4 nitrogen and oxygen atoms in total. The minimum absolute atomic E-state index is 0.197. The van der Waals surface area contributed by atoms with E-state index in [0.29, 0.717) is 22.0 Å². The molecular weight excluding hydrogens is 300 g/mol. The van der Waals surface area contributed by atoms with Gasteiger partial charge in [0, 0.05) is 22.6 Å². The summed E-state index contributed by atoms with van der Waals surface area (Å²) < 4.78 is 35.3. The summed E-state index contributed by atoms with van der Waals surface area (Å²) in [7, 11) is -1.78. The van der Waals surface area contributed by atoms with Gasteiger partial charge in [0.05, 0.1) is 12.0 Å². The van der Waals surface area contributed by atoms with Crippen molar-refractivity contribution in [2.75, 3.05) is 13.7 Å². The standard InChI is InChI=1S/C17H16O4S/c1-12-5-3-8-16-13(11-22(18,19)17(12)16)10-21-15-7-4-6-14(9-15)20-2/h3-9,11H,10H2,1-2H3. The van der Waals surface area contributed by atoms with Gasteiger partial charge in [-0.3, -0.25) is 0 Å². The van der Waals surface area contributed by atoms with E-state index in [2.05, 4.69) is 0 Å². The molecule has 0 N–H and O–H groups in total. The van der Waals surface area contributed by atoms with Crippen molar-refractivity contribution < 1.29 is 17.9 Å². The highest BCUT2D eigenvalue weighted by atomic mass is 32.2. The van der Waals surface area contributed by atoms with Crippen LogP contribution in [0.1, 0.15) is 11.1 Å². The Bertz CT molecular complexity index is 851. The molecule has 1 aliphatic rings. The fourth-order valence-electron chi connectivity index (χ4n) is 2.56. The minimum Gasteiger partial charge on any atom is -0.497 e. The molecule has 22 heavy (non-hydrogen) atoms. The van der Waals surface area contributed by atoms with E-state index in [1.54, 1.807) is 26.2 Å². The number of benzene rings is 2. The number of methoxy groups -OCH3 is 1. The largest absolute Gasteiger partial charge is 0.497 e. The highest BCUT2D eigenvalue weighted by molar-refractivity contribution is 7.95. The molecule has 3 rings (SSSR count). The molecule has 0 aromatic heterocycles. The van der Waals surface area contributed by atoms with Gasteiger partial charge >= 0.3 is 0 Å². The second kappa shape index (κ2) is 5.50. The average Bonchev–Trinajstić information content (AvgIpc) is 2.77. The Morgan fingerprint density at radius 2 is 1.77 bits per heavy atom. The van der Waals surface area contributed by atoms with Crippen LogP contribution in [-0.4, -0.2) is 22.1 Å². The predicted molar refractivity (Wildman–Crippen MR) is 84.8 cm³/mol.